The van der Waals surface area contributed by atoms with E-state index in [0.29, 0.717) is 18.2 Å². The largest absolute Gasteiger partial charge is 0.409 e. The molecule has 5 N–H and O–H groups in total. The lowest BCUT2D eigenvalue weighted by atomic mass is 9.87. The van der Waals surface area contributed by atoms with E-state index in [1.807, 2.05) is 0 Å². The summed E-state index contributed by atoms with van der Waals surface area (Å²) in [6.07, 6.45) is 7.10. The van der Waals surface area contributed by atoms with Gasteiger partial charge >= 0.3 is 0 Å². The zero-order valence-electron chi connectivity index (χ0n) is 10.9. The molecule has 0 atom stereocenters. The predicted molar refractivity (Wildman–Crippen MR) is 70.5 cm³/mol. The molecule has 0 heterocycles. The van der Waals surface area contributed by atoms with Crippen LogP contribution in [0, 0.1) is 11.3 Å². The number of nitrogens with one attached hydrogen (secondary N) is 1. The Labute approximate surface area is 108 Å². The number of hydrogen-bond donors (Lipinski definition) is 4. The third-order valence-electron chi connectivity index (χ3n) is 4.39. The van der Waals surface area contributed by atoms with Crippen molar-refractivity contribution in [1.82, 2.24) is 5.32 Å². The van der Waals surface area contributed by atoms with Gasteiger partial charge in [-0.25, -0.2) is 0 Å². The molecule has 18 heavy (non-hydrogen) atoms. The Balaban J connectivity index is 1.63. The highest BCUT2D eigenvalue weighted by Crippen LogP contribution is 2.48. The first kappa shape index (κ1) is 13.6. The summed E-state index contributed by atoms with van der Waals surface area (Å²) in [7, 11) is 0. The quantitative estimate of drug-likeness (QED) is 0.247. The third-order valence-corrected chi connectivity index (χ3v) is 4.39. The van der Waals surface area contributed by atoms with Crippen LogP contribution in [0.4, 0.5) is 0 Å². The molecule has 2 fully saturated rings. The van der Waals surface area contributed by atoms with Crippen molar-refractivity contribution in [3.8, 4) is 0 Å². The number of nitrogens with zero attached hydrogens (tertiary/aromatic N) is 1. The van der Waals surface area contributed by atoms with E-state index >= 15 is 0 Å². The van der Waals surface area contributed by atoms with E-state index in [4.69, 9.17) is 10.9 Å². The monoisotopic (exact) mass is 255 g/mol. The van der Waals surface area contributed by atoms with E-state index < -0.39 is 0 Å². The molecule has 5 heteroatoms. The van der Waals surface area contributed by atoms with Gasteiger partial charge in [0.25, 0.3) is 0 Å². The minimum absolute atomic E-state index is 0.0726. The second kappa shape index (κ2) is 5.89. The molecule has 0 unspecified atom stereocenters. The third kappa shape index (κ3) is 3.85. The van der Waals surface area contributed by atoms with Crippen LogP contribution in [0.25, 0.3) is 0 Å². The van der Waals surface area contributed by atoms with Crippen LogP contribution < -0.4 is 11.1 Å². The van der Waals surface area contributed by atoms with Gasteiger partial charge in [0.15, 0.2) is 0 Å². The van der Waals surface area contributed by atoms with Crippen molar-refractivity contribution in [3.05, 3.63) is 0 Å². The molecule has 2 aliphatic rings. The normalized spacial score (nSPS) is 31.3. The van der Waals surface area contributed by atoms with Crippen molar-refractivity contribution < 1.29 is 10.3 Å². The Hall–Kier alpha value is -0.810. The van der Waals surface area contributed by atoms with E-state index in [0.717, 1.165) is 38.8 Å². The number of aliphatic hydroxyl groups is 1. The second-order valence-corrected chi connectivity index (χ2v) is 6.07. The van der Waals surface area contributed by atoms with Gasteiger partial charge in [0, 0.05) is 13.0 Å². The van der Waals surface area contributed by atoms with Crippen molar-refractivity contribution in [2.24, 2.45) is 22.2 Å². The molecule has 104 valence electrons. The molecule has 0 aromatic heterocycles. The molecule has 0 radical (unpaired) electrons. The maximum absolute atomic E-state index is 9.45. The summed E-state index contributed by atoms with van der Waals surface area (Å²) in [4.78, 5) is 0. The van der Waals surface area contributed by atoms with Gasteiger partial charge in [-0.2, -0.15) is 0 Å². The minimum Gasteiger partial charge on any atom is -0.409 e. The molecule has 0 bridgehead atoms. The molecule has 5 nitrogen and oxygen atoms in total. The number of nitrogens with two attached hydrogens (primary N) is 1. The fraction of sp³-hybridized carbons (Fsp3) is 0.923. The molecule has 2 saturated carbocycles. The molecule has 2 rings (SSSR count). The molecule has 0 aliphatic heterocycles. The summed E-state index contributed by atoms with van der Waals surface area (Å²) in [6.45, 7) is 1.99. The average Bonchev–Trinajstić information content (AvgIpc) is 3.11. The first-order chi connectivity index (χ1) is 8.63. The smallest absolute Gasteiger partial charge is 0.139 e. The molecule has 0 amide bonds. The fourth-order valence-corrected chi connectivity index (χ4v) is 2.90. The molecular formula is C13H25N3O2. The van der Waals surface area contributed by atoms with E-state index in [-0.39, 0.29) is 11.5 Å². The number of hydrogen-bond acceptors (Lipinski definition) is 4. The van der Waals surface area contributed by atoms with Crippen molar-refractivity contribution in [1.29, 1.82) is 0 Å². The van der Waals surface area contributed by atoms with E-state index in [9.17, 15) is 5.11 Å². The van der Waals surface area contributed by atoms with Gasteiger partial charge in [-0.05, 0) is 56.4 Å². The highest BCUT2D eigenvalue weighted by atomic mass is 16.4. The van der Waals surface area contributed by atoms with Gasteiger partial charge in [-0.15, -0.1) is 0 Å². The Bertz CT molecular complexity index is 295. The molecule has 2 aliphatic carbocycles. The minimum atomic E-state index is -0.0726. The standard InChI is InChI=1S/C13H25N3O2/c14-12(16-18)7-13(5-6-13)9-15-8-10-1-3-11(17)4-2-10/h10-11,15,17-18H,1-9H2,(H2,14,16). The molecule has 0 spiro atoms. The van der Waals surface area contributed by atoms with Crippen molar-refractivity contribution in [3.63, 3.8) is 0 Å². The summed E-state index contributed by atoms with van der Waals surface area (Å²) >= 11 is 0. The van der Waals surface area contributed by atoms with Crippen LogP contribution >= 0.6 is 0 Å². The van der Waals surface area contributed by atoms with Gasteiger partial charge in [-0.1, -0.05) is 5.16 Å². The number of amidine groups is 1. The van der Waals surface area contributed by atoms with Crippen LogP contribution in [0.1, 0.15) is 44.9 Å². The molecule has 0 aromatic carbocycles. The number of oxime groups is 1. The Morgan fingerprint density at radius 1 is 1.28 bits per heavy atom. The lowest BCUT2D eigenvalue weighted by Gasteiger charge is -2.26. The Morgan fingerprint density at radius 3 is 2.50 bits per heavy atom. The van der Waals surface area contributed by atoms with Crippen molar-refractivity contribution in [2.45, 2.75) is 51.0 Å². The van der Waals surface area contributed by atoms with Crippen molar-refractivity contribution in [2.75, 3.05) is 13.1 Å². The topological polar surface area (TPSA) is 90.9 Å². The van der Waals surface area contributed by atoms with Crippen molar-refractivity contribution >= 4 is 5.84 Å². The van der Waals surface area contributed by atoms with E-state index in [1.54, 1.807) is 0 Å². The lowest BCUT2D eigenvalue weighted by molar-refractivity contribution is 0.108. The number of rotatable bonds is 6. The zero-order chi connectivity index (χ0) is 13.0. The first-order valence-corrected chi connectivity index (χ1v) is 6.99. The van der Waals surface area contributed by atoms with Gasteiger partial charge in [0.1, 0.15) is 5.84 Å². The summed E-state index contributed by atoms with van der Waals surface area (Å²) in [6, 6.07) is 0. The molecule has 0 aromatic rings. The van der Waals surface area contributed by atoms with Crippen LogP contribution in [0.3, 0.4) is 0 Å². The fourth-order valence-electron chi connectivity index (χ4n) is 2.90. The second-order valence-electron chi connectivity index (χ2n) is 6.07. The SMILES string of the molecule is NC(CC1(CNCC2CCC(O)CC2)CC1)=NO. The number of aliphatic hydroxyl groups excluding tert-OH is 1. The first-order valence-electron chi connectivity index (χ1n) is 6.99. The van der Waals surface area contributed by atoms with Crippen LogP contribution in [-0.2, 0) is 0 Å². The van der Waals surface area contributed by atoms with Crippen LogP contribution in [-0.4, -0.2) is 35.3 Å². The van der Waals surface area contributed by atoms with Crippen LogP contribution in [0.5, 0.6) is 0 Å². The van der Waals surface area contributed by atoms with Crippen LogP contribution in [0.15, 0.2) is 5.16 Å². The molecular weight excluding hydrogens is 230 g/mol. The average molecular weight is 255 g/mol. The zero-order valence-corrected chi connectivity index (χ0v) is 10.9. The van der Waals surface area contributed by atoms with Gasteiger partial charge in [0.05, 0.1) is 6.10 Å². The lowest BCUT2D eigenvalue weighted by Crippen LogP contribution is -2.33. The maximum atomic E-state index is 9.45. The van der Waals surface area contributed by atoms with Gasteiger partial charge in [-0.3, -0.25) is 0 Å². The predicted octanol–water partition coefficient (Wildman–Crippen LogP) is 1.04. The highest BCUT2D eigenvalue weighted by Gasteiger charge is 2.42. The Kier molecular flexibility index (Phi) is 4.45. The summed E-state index contributed by atoms with van der Waals surface area (Å²) < 4.78 is 0. The van der Waals surface area contributed by atoms with Crippen LogP contribution in [0.2, 0.25) is 0 Å². The van der Waals surface area contributed by atoms with Gasteiger partial charge < -0.3 is 21.4 Å². The highest BCUT2D eigenvalue weighted by molar-refractivity contribution is 5.80. The molecule has 0 saturated heterocycles. The summed E-state index contributed by atoms with van der Waals surface area (Å²) in [5.41, 5.74) is 5.81. The summed E-state index contributed by atoms with van der Waals surface area (Å²) in [5.74, 6) is 1.04. The van der Waals surface area contributed by atoms with Gasteiger partial charge in [0.2, 0.25) is 0 Å². The maximum Gasteiger partial charge on any atom is 0.139 e. The Morgan fingerprint density at radius 2 is 1.94 bits per heavy atom. The van der Waals surface area contributed by atoms with E-state index in [2.05, 4.69) is 10.5 Å². The summed E-state index contributed by atoms with van der Waals surface area (Å²) in [5, 5.41) is 24.6. The van der Waals surface area contributed by atoms with E-state index in [1.165, 1.54) is 12.8 Å².